The molecule has 5 aliphatic rings. The summed E-state index contributed by atoms with van der Waals surface area (Å²) in [6, 6.07) is 3.10. The van der Waals surface area contributed by atoms with Crippen LogP contribution in [0, 0.1) is 140 Å². The molecule has 3 N–H and O–H groups in total. The van der Waals surface area contributed by atoms with Crippen LogP contribution < -0.4 is 53.3 Å². The quantitative estimate of drug-likeness (QED) is 0.0661. The Morgan fingerprint density at radius 2 is 0.662 bits per heavy atom. The molecular formula is C52H32F20I2N6. The zero-order chi connectivity index (χ0) is 56.6. The van der Waals surface area contributed by atoms with Crippen molar-refractivity contribution in [3.63, 3.8) is 0 Å². The van der Waals surface area contributed by atoms with E-state index in [1.165, 1.54) is 28.2 Å². The number of aromatic amines is 2. The van der Waals surface area contributed by atoms with Gasteiger partial charge >= 0.3 is 0 Å². The predicted octanol–water partition coefficient (Wildman–Crippen LogP) is 5.96. The Bertz CT molecular complexity index is 3740. The standard InChI is InChI=1S/C52H32F20N6.2HI/c1-77(2)9-13-15(11-77)51-28(27-35(59)43(67)48(72)44(68)36(27)60)52-16-12-78(3,4)10-14(16)50(76-52)23(26-33(57)41(65)47(71)42(66)34(26)58)20-8-6-18(74-20)21(24-29(53)37(61)45(69)38(62)30(24)54)17-5-7-19(73-17)22(49(13)75-51)25-31(55)39(63)46(70)40(64)32(25)56;;/h5-8,13-16,21,73-75H,9-12H2,1-4H3;2*1H/q+2;;/p-2. The van der Waals surface area contributed by atoms with Crippen LogP contribution in [-0.2, 0) is 0 Å². The topological polar surface area (TPSA) is 56.0 Å². The number of likely N-dealkylation sites (tertiary alicyclic amines) is 2. The molecule has 28 heteroatoms. The number of fused-ring (bicyclic) bond motifs is 13. The summed E-state index contributed by atoms with van der Waals surface area (Å²) in [6.45, 7) is -1.08. The molecular weight excluding hydrogens is 1340 g/mol. The monoisotopic (exact) mass is 1370 g/mol. The Balaban J connectivity index is 0.00000387. The zero-order valence-electron chi connectivity index (χ0n) is 40.7. The van der Waals surface area contributed by atoms with E-state index in [1.807, 2.05) is 0 Å². The maximum Gasteiger partial charge on any atom is 0.200 e. The Labute approximate surface area is 471 Å². The van der Waals surface area contributed by atoms with Crippen molar-refractivity contribution in [3.8, 4) is 0 Å². The smallest absolute Gasteiger partial charge is 0.200 e. The fourth-order valence-corrected chi connectivity index (χ4v) is 12.0. The van der Waals surface area contributed by atoms with Crippen LogP contribution in [0.5, 0.6) is 0 Å². The van der Waals surface area contributed by atoms with Gasteiger partial charge in [0.05, 0.1) is 112 Å². The summed E-state index contributed by atoms with van der Waals surface area (Å²) >= 11 is 0. The van der Waals surface area contributed by atoms with Crippen molar-refractivity contribution in [2.75, 3.05) is 54.4 Å². The molecule has 5 unspecified atom stereocenters. The van der Waals surface area contributed by atoms with E-state index in [4.69, 9.17) is 0 Å². The van der Waals surface area contributed by atoms with Gasteiger partial charge in [-0.3, -0.25) is 4.99 Å². The van der Waals surface area contributed by atoms with Crippen molar-refractivity contribution >= 4 is 22.4 Å². The molecule has 0 spiro atoms. The summed E-state index contributed by atoms with van der Waals surface area (Å²) in [4.78, 5) is 9.53. The van der Waals surface area contributed by atoms with E-state index >= 15 is 70.2 Å². The van der Waals surface area contributed by atoms with Crippen LogP contribution >= 0.6 is 0 Å². The first-order valence-corrected chi connectivity index (χ1v) is 23.2. The van der Waals surface area contributed by atoms with Gasteiger partial charge in [-0.25, -0.2) is 87.8 Å². The molecule has 8 bridgehead atoms. The molecule has 0 radical (unpaired) electrons. The van der Waals surface area contributed by atoms with E-state index < -0.39 is 230 Å². The van der Waals surface area contributed by atoms with Gasteiger partial charge in [0.2, 0.25) is 23.3 Å². The Morgan fingerprint density at radius 3 is 1.06 bits per heavy atom. The van der Waals surface area contributed by atoms with E-state index in [0.717, 1.165) is 24.3 Å². The highest BCUT2D eigenvalue weighted by atomic mass is 127. The third kappa shape index (κ3) is 8.42. The van der Waals surface area contributed by atoms with Gasteiger partial charge in [0, 0.05) is 56.5 Å². The first-order chi connectivity index (χ1) is 36.5. The lowest BCUT2D eigenvalue weighted by molar-refractivity contribution is -0.880. The maximum absolute atomic E-state index is 16.8. The molecule has 80 heavy (non-hydrogen) atoms. The molecule has 4 aromatic carbocycles. The molecule has 6 aromatic rings. The average molecular weight is 1370 g/mol. The minimum atomic E-state index is -2.67. The number of H-pyrrole nitrogens is 2. The number of hydrogen-bond acceptors (Lipinski definition) is 2. The highest BCUT2D eigenvalue weighted by Gasteiger charge is 2.56. The number of halogens is 22. The van der Waals surface area contributed by atoms with E-state index in [-0.39, 0.29) is 83.1 Å². The lowest BCUT2D eigenvalue weighted by atomic mass is 9.81. The molecule has 3 fully saturated rings. The second kappa shape index (κ2) is 19.9. The van der Waals surface area contributed by atoms with E-state index in [9.17, 15) is 17.6 Å². The molecule has 5 aliphatic heterocycles. The summed E-state index contributed by atoms with van der Waals surface area (Å²) in [6.07, 6.45) is 0. The Morgan fingerprint density at radius 1 is 0.362 bits per heavy atom. The minimum Gasteiger partial charge on any atom is -1.00 e. The Kier molecular flexibility index (Phi) is 14.6. The van der Waals surface area contributed by atoms with Gasteiger partial charge in [-0.05, 0) is 24.3 Å². The van der Waals surface area contributed by atoms with Crippen LogP contribution in [0.4, 0.5) is 87.8 Å². The largest absolute Gasteiger partial charge is 1.00 e. The lowest BCUT2D eigenvalue weighted by Gasteiger charge is -2.28. The zero-order valence-corrected chi connectivity index (χ0v) is 45.0. The van der Waals surface area contributed by atoms with Crippen LogP contribution in [0.15, 0.2) is 46.3 Å². The van der Waals surface area contributed by atoms with Crippen LogP contribution in [0.1, 0.15) is 50.9 Å². The molecule has 0 amide bonds. The first kappa shape index (κ1) is 58.8. The molecule has 11 rings (SSSR count). The SMILES string of the molecule is C[N+]1(C)CC2C3=NC(=C(c4c(F)c(F)c(F)c(F)c4F)c4ccc([nH]4)C(c4c(F)c(F)c(F)c(F)c4F)c4ccc([nH]4)C(c4c(F)c(F)c(F)c(F)c4F)=C4NC(=C3c3c(F)c(F)c(F)c(F)c3F)C3C[N+](C)(C)CC43)C2C1.[I-].[I-]. The van der Waals surface area contributed by atoms with Crippen molar-refractivity contribution < 1.29 is 145 Å². The van der Waals surface area contributed by atoms with Crippen LogP contribution in [0.2, 0.25) is 0 Å². The molecule has 7 heterocycles. The van der Waals surface area contributed by atoms with E-state index in [2.05, 4.69) is 20.3 Å². The van der Waals surface area contributed by atoms with Crippen molar-refractivity contribution in [2.24, 2.45) is 28.7 Å². The van der Waals surface area contributed by atoms with Gasteiger partial charge in [-0.1, -0.05) is 0 Å². The van der Waals surface area contributed by atoms with Gasteiger partial charge < -0.3 is 72.2 Å². The Hall–Kier alpha value is -5.89. The first-order valence-electron chi connectivity index (χ1n) is 23.2. The molecule has 0 saturated carbocycles. The van der Waals surface area contributed by atoms with Gasteiger partial charge in [-0.15, -0.1) is 0 Å². The molecule has 3 saturated heterocycles. The number of nitrogens with one attached hydrogen (secondary N) is 3. The molecule has 5 atom stereocenters. The summed E-state index contributed by atoms with van der Waals surface area (Å²) in [5, 5.41) is 2.73. The van der Waals surface area contributed by atoms with Crippen molar-refractivity contribution in [3.05, 3.63) is 203 Å². The van der Waals surface area contributed by atoms with Crippen molar-refractivity contribution in [2.45, 2.75) is 5.92 Å². The summed E-state index contributed by atoms with van der Waals surface area (Å²) < 4.78 is 315. The second-order valence-corrected chi connectivity index (χ2v) is 20.9. The van der Waals surface area contributed by atoms with Gasteiger partial charge in [0.25, 0.3) is 0 Å². The summed E-state index contributed by atoms with van der Waals surface area (Å²) in [5.74, 6) is -59.4. The van der Waals surface area contributed by atoms with Crippen LogP contribution in [0.3, 0.4) is 0 Å². The second-order valence-electron chi connectivity index (χ2n) is 20.9. The summed E-state index contributed by atoms with van der Waals surface area (Å²) in [5.41, 5.74) is -15.9. The number of nitrogens with zero attached hydrogens (tertiary/aromatic N) is 3. The van der Waals surface area contributed by atoms with Gasteiger partial charge in [0.1, 0.15) is 0 Å². The average Bonchev–Trinajstić information content (AvgIpc) is 4.29. The minimum absolute atomic E-state index is 0. The number of rotatable bonds is 4. The molecule has 6 nitrogen and oxygen atoms in total. The fraction of sp³-hybridized carbons (Fsp3) is 0.250. The predicted molar refractivity (Wildman–Crippen MR) is 235 cm³/mol. The van der Waals surface area contributed by atoms with Crippen molar-refractivity contribution in [1.29, 1.82) is 0 Å². The van der Waals surface area contributed by atoms with Gasteiger partial charge in [-0.2, -0.15) is 0 Å². The number of hydrogen-bond donors (Lipinski definition) is 3. The third-order valence-electron chi connectivity index (χ3n) is 15.2. The molecule has 0 aliphatic carbocycles. The molecule has 424 valence electrons. The number of allylic oxidation sites excluding steroid dienone is 1. The molecule has 2 aromatic heterocycles. The number of aromatic nitrogens is 2. The number of aliphatic imine (C=N–C) groups is 1. The third-order valence-corrected chi connectivity index (χ3v) is 15.2. The van der Waals surface area contributed by atoms with Crippen LogP contribution in [-0.4, -0.2) is 79.0 Å². The van der Waals surface area contributed by atoms with Gasteiger partial charge in [0.15, 0.2) is 93.1 Å². The summed E-state index contributed by atoms with van der Waals surface area (Å²) in [7, 11) is 6.09. The maximum atomic E-state index is 16.8. The van der Waals surface area contributed by atoms with Crippen LogP contribution in [0.25, 0.3) is 16.7 Å². The highest BCUT2D eigenvalue weighted by molar-refractivity contribution is 6.28. The van der Waals surface area contributed by atoms with E-state index in [1.54, 1.807) is 0 Å². The lowest BCUT2D eigenvalue weighted by Crippen LogP contribution is -3.00. The normalized spacial score (nSPS) is 21.7. The number of benzene rings is 4. The van der Waals surface area contributed by atoms with Crippen molar-refractivity contribution in [1.82, 2.24) is 15.3 Å². The fourth-order valence-electron chi connectivity index (χ4n) is 12.0. The highest BCUT2D eigenvalue weighted by Crippen LogP contribution is 2.54. The van der Waals surface area contributed by atoms with E-state index in [0.29, 0.717) is 0 Å². The number of quaternary nitrogens is 2.